The number of aromatic nitrogens is 4. The number of anilines is 2. The zero-order valence-corrected chi connectivity index (χ0v) is 23.8. The molecule has 1 aliphatic heterocycles. The van der Waals surface area contributed by atoms with Gasteiger partial charge in [-0.25, -0.2) is 0 Å². The maximum atomic E-state index is 13.8. The second-order valence-corrected chi connectivity index (χ2v) is 10.8. The number of nitrogens with one attached hydrogen (secondary N) is 2. The van der Waals surface area contributed by atoms with Gasteiger partial charge in [0.05, 0.1) is 5.57 Å². The summed E-state index contributed by atoms with van der Waals surface area (Å²) in [4.78, 5) is 13.8. The van der Waals surface area contributed by atoms with Crippen LogP contribution < -0.4 is 15.4 Å². The molecule has 0 aliphatic carbocycles. The van der Waals surface area contributed by atoms with E-state index in [9.17, 15) is 4.79 Å². The number of tetrazole rings is 1. The highest BCUT2D eigenvalue weighted by Crippen LogP contribution is 2.40. The van der Waals surface area contributed by atoms with Crippen molar-refractivity contribution in [1.29, 1.82) is 0 Å². The van der Waals surface area contributed by atoms with E-state index in [0.29, 0.717) is 38.6 Å². The van der Waals surface area contributed by atoms with Crippen molar-refractivity contribution in [2.45, 2.75) is 33.4 Å². The van der Waals surface area contributed by atoms with Crippen LogP contribution in [0.2, 0.25) is 10.0 Å². The third kappa shape index (κ3) is 5.27. The highest BCUT2D eigenvalue weighted by atomic mass is 79.9. The van der Waals surface area contributed by atoms with E-state index in [1.54, 1.807) is 16.8 Å². The Morgan fingerprint density at radius 3 is 2.68 bits per heavy atom. The fourth-order valence-corrected chi connectivity index (χ4v) is 5.24. The second-order valence-electron chi connectivity index (χ2n) is 8.99. The van der Waals surface area contributed by atoms with Crippen LogP contribution in [0.1, 0.15) is 35.2 Å². The molecule has 1 aliphatic rings. The fourth-order valence-electron chi connectivity index (χ4n) is 4.40. The summed E-state index contributed by atoms with van der Waals surface area (Å²) in [5.74, 6) is 0.694. The predicted molar refractivity (Wildman–Crippen MR) is 152 cm³/mol. The normalized spacial score (nSPS) is 14.6. The van der Waals surface area contributed by atoms with Crippen molar-refractivity contribution in [2.24, 2.45) is 0 Å². The molecule has 4 aromatic rings. The van der Waals surface area contributed by atoms with Crippen molar-refractivity contribution in [3.05, 3.63) is 103 Å². The molecule has 11 heteroatoms. The largest absolute Gasteiger partial charge is 0.488 e. The average molecular weight is 614 g/mol. The Labute approximate surface area is 238 Å². The van der Waals surface area contributed by atoms with E-state index in [4.69, 9.17) is 27.9 Å². The number of nitrogens with zero attached hydrogens (tertiary/aromatic N) is 4. The lowest BCUT2D eigenvalue weighted by Gasteiger charge is -2.29. The Kier molecular flexibility index (Phi) is 7.43. The Hall–Kier alpha value is -3.40. The molecule has 0 spiro atoms. The van der Waals surface area contributed by atoms with Gasteiger partial charge in [-0.1, -0.05) is 68.0 Å². The molecule has 0 saturated heterocycles. The minimum absolute atomic E-state index is 0.199. The third-order valence-electron chi connectivity index (χ3n) is 6.25. The van der Waals surface area contributed by atoms with Crippen LogP contribution in [0.3, 0.4) is 0 Å². The lowest BCUT2D eigenvalue weighted by Crippen LogP contribution is -2.32. The molecular formula is C27H23BrCl2N6O2. The van der Waals surface area contributed by atoms with Crippen LogP contribution in [0.5, 0.6) is 5.75 Å². The van der Waals surface area contributed by atoms with Gasteiger partial charge in [-0.3, -0.25) is 4.79 Å². The zero-order valence-electron chi connectivity index (χ0n) is 20.7. The van der Waals surface area contributed by atoms with Crippen molar-refractivity contribution < 1.29 is 9.53 Å². The van der Waals surface area contributed by atoms with E-state index < -0.39 is 6.04 Å². The zero-order chi connectivity index (χ0) is 27.0. The van der Waals surface area contributed by atoms with Crippen LogP contribution in [0.15, 0.2) is 70.3 Å². The molecule has 38 heavy (non-hydrogen) atoms. The second kappa shape index (κ2) is 10.8. The molecule has 0 fully saturated rings. The Morgan fingerprint density at radius 1 is 1.11 bits per heavy atom. The predicted octanol–water partition coefficient (Wildman–Crippen LogP) is 6.87. The Balaban J connectivity index is 1.55. The molecule has 1 atom stereocenters. The number of ether oxygens (including phenoxy) is 1. The summed E-state index contributed by atoms with van der Waals surface area (Å²) in [6.07, 6.45) is 0. The maximum Gasteiger partial charge on any atom is 0.255 e. The van der Waals surface area contributed by atoms with E-state index in [1.807, 2.05) is 63.2 Å². The lowest BCUT2D eigenvalue weighted by molar-refractivity contribution is -0.113. The highest BCUT2D eigenvalue weighted by molar-refractivity contribution is 9.10. The van der Waals surface area contributed by atoms with Crippen molar-refractivity contribution in [2.75, 3.05) is 10.6 Å². The summed E-state index contributed by atoms with van der Waals surface area (Å²) in [6, 6.07) is 16.1. The smallest absolute Gasteiger partial charge is 0.255 e. The average Bonchev–Trinajstić information content (AvgIpc) is 3.33. The first kappa shape index (κ1) is 26.2. The fraction of sp³-hybridized carbons (Fsp3) is 0.185. The number of fused-ring (bicyclic) bond motifs is 1. The van der Waals surface area contributed by atoms with Gasteiger partial charge in [-0.15, -0.1) is 0 Å². The van der Waals surface area contributed by atoms with Crippen molar-refractivity contribution >= 4 is 56.7 Å². The number of hydrogen-bond donors (Lipinski definition) is 2. The number of amides is 1. The van der Waals surface area contributed by atoms with E-state index in [1.165, 1.54) is 0 Å². The summed E-state index contributed by atoms with van der Waals surface area (Å²) in [5, 5.41) is 19.4. The summed E-state index contributed by atoms with van der Waals surface area (Å²) >= 11 is 16.0. The van der Waals surface area contributed by atoms with Crippen LogP contribution in [0.25, 0.3) is 0 Å². The molecule has 2 N–H and O–H groups in total. The molecule has 1 unspecified atom stereocenters. The molecular weight excluding hydrogens is 591 g/mol. The molecule has 1 aromatic heterocycles. The monoisotopic (exact) mass is 612 g/mol. The van der Waals surface area contributed by atoms with Gasteiger partial charge in [-0.2, -0.15) is 4.68 Å². The van der Waals surface area contributed by atoms with Gasteiger partial charge in [0.25, 0.3) is 5.91 Å². The van der Waals surface area contributed by atoms with Crippen molar-refractivity contribution in [3.63, 3.8) is 0 Å². The summed E-state index contributed by atoms with van der Waals surface area (Å²) < 4.78 is 8.64. The molecule has 5 rings (SSSR count). The van der Waals surface area contributed by atoms with E-state index >= 15 is 0 Å². The molecule has 1 amide bonds. The van der Waals surface area contributed by atoms with Gasteiger partial charge in [-0.05, 0) is 73.2 Å². The Morgan fingerprint density at radius 2 is 1.92 bits per heavy atom. The number of carbonyl (C=O) groups excluding carboxylic acids is 1. The van der Waals surface area contributed by atoms with Gasteiger partial charge in [0.2, 0.25) is 5.95 Å². The highest BCUT2D eigenvalue weighted by Gasteiger charge is 2.36. The molecule has 3 aromatic carbocycles. The first-order chi connectivity index (χ1) is 18.2. The molecule has 0 bridgehead atoms. The quantitative estimate of drug-likeness (QED) is 0.247. The first-order valence-corrected chi connectivity index (χ1v) is 13.3. The van der Waals surface area contributed by atoms with E-state index in [0.717, 1.165) is 26.9 Å². The number of hydrogen-bond acceptors (Lipinski definition) is 6. The van der Waals surface area contributed by atoms with Crippen molar-refractivity contribution in [3.8, 4) is 5.75 Å². The number of aryl methyl sites for hydroxylation is 2. The minimum atomic E-state index is -0.666. The van der Waals surface area contributed by atoms with Crippen LogP contribution in [0, 0.1) is 13.8 Å². The number of rotatable bonds is 6. The number of benzene rings is 3. The number of carbonyl (C=O) groups is 1. The topological polar surface area (TPSA) is 94.0 Å². The van der Waals surface area contributed by atoms with Gasteiger partial charge in [0.1, 0.15) is 18.4 Å². The Bertz CT molecular complexity index is 1590. The maximum absolute atomic E-state index is 13.8. The van der Waals surface area contributed by atoms with Gasteiger partial charge >= 0.3 is 0 Å². The minimum Gasteiger partial charge on any atom is -0.488 e. The van der Waals surface area contributed by atoms with Crippen LogP contribution in [-0.2, 0) is 11.4 Å². The van der Waals surface area contributed by atoms with Crippen LogP contribution >= 0.6 is 39.1 Å². The summed E-state index contributed by atoms with van der Waals surface area (Å²) in [5.41, 5.74) is 5.37. The van der Waals surface area contributed by atoms with Crippen LogP contribution in [-0.4, -0.2) is 26.1 Å². The standard InChI is InChI=1S/C27H23BrCl2N6O2/c1-14-4-8-22(15(2)10-14)32-26(37)24-16(3)31-27-33-34-35-36(27)25(24)20-11-18(28)6-9-23(20)38-13-17-5-7-19(29)12-21(17)30/h4-12,25H,13H2,1-3H3,(H,32,37)(H,31,33,35). The van der Waals surface area contributed by atoms with E-state index in [-0.39, 0.29) is 12.5 Å². The number of halogens is 3. The molecule has 0 radical (unpaired) electrons. The molecule has 8 nitrogen and oxygen atoms in total. The summed E-state index contributed by atoms with van der Waals surface area (Å²) in [7, 11) is 0. The van der Waals surface area contributed by atoms with Gasteiger partial charge in [0, 0.05) is 37.0 Å². The SMILES string of the molecule is CC1=C(C(=O)Nc2ccc(C)cc2C)C(c2cc(Br)ccc2OCc2ccc(Cl)cc2Cl)n2nnnc2N1. The molecule has 2 heterocycles. The van der Waals surface area contributed by atoms with Crippen molar-refractivity contribution in [1.82, 2.24) is 20.2 Å². The molecule has 194 valence electrons. The van der Waals surface area contributed by atoms with Gasteiger partial charge in [0.15, 0.2) is 0 Å². The summed E-state index contributed by atoms with van der Waals surface area (Å²) in [6.45, 7) is 6.00. The first-order valence-electron chi connectivity index (χ1n) is 11.7. The van der Waals surface area contributed by atoms with E-state index in [2.05, 4.69) is 42.1 Å². The van der Waals surface area contributed by atoms with Crippen LogP contribution in [0.4, 0.5) is 11.6 Å². The lowest BCUT2D eigenvalue weighted by atomic mass is 9.94. The third-order valence-corrected chi connectivity index (χ3v) is 7.33. The molecule has 0 saturated carbocycles. The number of allylic oxidation sites excluding steroid dienone is 1. The van der Waals surface area contributed by atoms with Gasteiger partial charge < -0.3 is 15.4 Å².